The third-order valence-electron chi connectivity index (χ3n) is 1.69. The lowest BCUT2D eigenvalue weighted by molar-refractivity contribution is -0.115. The van der Waals surface area contributed by atoms with Gasteiger partial charge in [-0.1, -0.05) is 31.9 Å². The number of pyridine rings is 1. The first kappa shape index (κ1) is 9.61. The van der Waals surface area contributed by atoms with Crippen molar-refractivity contribution in [2.45, 2.75) is 3.23 Å². The third kappa shape index (κ3) is 1.45. The molecule has 2 rings (SSSR count). The van der Waals surface area contributed by atoms with Crippen LogP contribution in [-0.2, 0) is 8.03 Å². The van der Waals surface area contributed by atoms with Crippen LogP contribution < -0.4 is 5.32 Å². The number of hydrogen-bond acceptors (Lipinski definition) is 2. The fourth-order valence-electron chi connectivity index (χ4n) is 1.09. The van der Waals surface area contributed by atoms with Crippen molar-refractivity contribution in [3.05, 3.63) is 22.4 Å². The molecule has 2 heterocycles. The van der Waals surface area contributed by atoms with Gasteiger partial charge in [0.25, 0.3) is 5.91 Å². The summed E-state index contributed by atoms with van der Waals surface area (Å²) in [5.41, 5.74) is 1.37. The number of anilines is 1. The Morgan fingerprint density at radius 3 is 2.85 bits per heavy atom. The lowest BCUT2D eigenvalue weighted by Gasteiger charge is -2.08. The average molecular weight is 371 g/mol. The van der Waals surface area contributed by atoms with Crippen LogP contribution in [0.25, 0.3) is 0 Å². The van der Waals surface area contributed by atoms with E-state index in [0.29, 0.717) is 11.4 Å². The van der Waals surface area contributed by atoms with Crippen LogP contribution in [-0.4, -0.2) is 10.9 Å². The Balaban J connectivity index is 2.62. The highest BCUT2D eigenvalue weighted by Gasteiger charge is 2.44. The zero-order valence-electron chi connectivity index (χ0n) is 6.14. The van der Waals surface area contributed by atoms with E-state index < -0.39 is 3.23 Å². The number of amides is 1. The molecule has 1 aliphatic rings. The summed E-state index contributed by atoms with van der Waals surface area (Å²) >= 11 is 9.79. The standard InChI is InChI=1S/C7H3Br3N2O/c8-3-1-4-5(11-2-3)7(9,10)6(13)12-4/h1-2H,(H,12,13). The Morgan fingerprint density at radius 2 is 2.15 bits per heavy atom. The largest absolute Gasteiger partial charge is 0.322 e. The maximum absolute atomic E-state index is 11.4. The van der Waals surface area contributed by atoms with Crippen molar-refractivity contribution in [3.8, 4) is 0 Å². The molecule has 0 fully saturated rings. The minimum Gasteiger partial charge on any atom is -0.322 e. The van der Waals surface area contributed by atoms with Gasteiger partial charge in [0.15, 0.2) is 0 Å². The highest BCUT2D eigenvalue weighted by atomic mass is 79.9. The predicted octanol–water partition coefficient (Wildman–Crippen LogP) is 2.74. The van der Waals surface area contributed by atoms with Crippen LogP contribution in [0.5, 0.6) is 0 Å². The van der Waals surface area contributed by atoms with E-state index in [1.54, 1.807) is 6.20 Å². The SMILES string of the molecule is O=C1Nc2cc(Br)cnc2C1(Br)Br. The molecule has 0 spiro atoms. The lowest BCUT2D eigenvalue weighted by Crippen LogP contribution is -2.20. The van der Waals surface area contributed by atoms with Gasteiger partial charge in [0.2, 0.25) is 3.23 Å². The molecule has 3 nitrogen and oxygen atoms in total. The van der Waals surface area contributed by atoms with Crippen LogP contribution in [0.1, 0.15) is 5.69 Å². The van der Waals surface area contributed by atoms with Gasteiger partial charge in [0, 0.05) is 10.7 Å². The minimum absolute atomic E-state index is 0.159. The molecule has 0 bridgehead atoms. The van der Waals surface area contributed by atoms with E-state index in [9.17, 15) is 4.79 Å². The Kier molecular flexibility index (Phi) is 2.24. The number of hydrogen-bond donors (Lipinski definition) is 1. The quantitative estimate of drug-likeness (QED) is 0.713. The van der Waals surface area contributed by atoms with Crippen molar-refractivity contribution in [1.82, 2.24) is 4.98 Å². The number of aromatic nitrogens is 1. The van der Waals surface area contributed by atoms with E-state index in [1.807, 2.05) is 6.07 Å². The highest BCUT2D eigenvalue weighted by molar-refractivity contribution is 9.25. The predicted molar refractivity (Wildman–Crippen MR) is 60.1 cm³/mol. The van der Waals surface area contributed by atoms with E-state index in [0.717, 1.165) is 4.47 Å². The first-order chi connectivity index (χ1) is 6.01. The molecule has 1 aliphatic heterocycles. The van der Waals surface area contributed by atoms with Crippen LogP contribution in [0, 0.1) is 0 Å². The van der Waals surface area contributed by atoms with Crippen LogP contribution in [0.3, 0.4) is 0 Å². The van der Waals surface area contributed by atoms with Crippen LogP contribution >= 0.6 is 47.8 Å². The van der Waals surface area contributed by atoms with Crippen LogP contribution in [0.4, 0.5) is 5.69 Å². The zero-order valence-corrected chi connectivity index (χ0v) is 10.9. The molecule has 1 amide bonds. The molecule has 1 N–H and O–H groups in total. The number of halogens is 3. The molecule has 0 radical (unpaired) electrons. The summed E-state index contributed by atoms with van der Waals surface area (Å²) in [4.78, 5) is 15.5. The van der Waals surface area contributed by atoms with Gasteiger partial charge in [0.1, 0.15) is 5.69 Å². The normalized spacial score (nSPS) is 18.2. The van der Waals surface area contributed by atoms with Crippen LogP contribution in [0.2, 0.25) is 0 Å². The molecule has 0 aliphatic carbocycles. The number of carbonyl (C=O) groups is 1. The van der Waals surface area contributed by atoms with Crippen molar-refractivity contribution in [2.75, 3.05) is 5.32 Å². The van der Waals surface area contributed by atoms with Gasteiger partial charge in [-0.25, -0.2) is 0 Å². The highest BCUT2D eigenvalue weighted by Crippen LogP contribution is 2.46. The molecule has 1 aromatic rings. The fourth-order valence-corrected chi connectivity index (χ4v) is 2.25. The molecule has 0 saturated heterocycles. The molecule has 0 saturated carbocycles. The monoisotopic (exact) mass is 368 g/mol. The second-order valence-electron chi connectivity index (χ2n) is 2.58. The van der Waals surface area contributed by atoms with Gasteiger partial charge >= 0.3 is 0 Å². The van der Waals surface area contributed by atoms with Gasteiger partial charge in [0.05, 0.1) is 5.69 Å². The van der Waals surface area contributed by atoms with Crippen LogP contribution in [0.15, 0.2) is 16.7 Å². The number of carbonyl (C=O) groups excluding carboxylic acids is 1. The summed E-state index contributed by atoms with van der Waals surface area (Å²) in [5.74, 6) is -0.159. The Labute approximate surface area is 99.7 Å². The molecular weight excluding hydrogens is 368 g/mol. The van der Waals surface area contributed by atoms with Crippen molar-refractivity contribution in [3.63, 3.8) is 0 Å². The van der Waals surface area contributed by atoms with Gasteiger partial charge in [-0.05, 0) is 22.0 Å². The number of nitrogens with zero attached hydrogens (tertiary/aromatic N) is 1. The topological polar surface area (TPSA) is 42.0 Å². The smallest absolute Gasteiger partial charge is 0.258 e. The van der Waals surface area contributed by atoms with E-state index in [2.05, 4.69) is 58.1 Å². The first-order valence-corrected chi connectivity index (χ1v) is 5.75. The summed E-state index contributed by atoms with van der Waals surface area (Å²) in [5, 5.41) is 2.70. The maximum Gasteiger partial charge on any atom is 0.258 e. The Bertz CT molecular complexity index is 391. The summed E-state index contributed by atoms with van der Waals surface area (Å²) in [6, 6.07) is 1.81. The Hall–Kier alpha value is 0.0600. The Morgan fingerprint density at radius 1 is 1.46 bits per heavy atom. The number of alkyl halides is 2. The lowest BCUT2D eigenvalue weighted by atomic mass is 10.3. The zero-order chi connectivity index (χ0) is 9.64. The molecule has 0 unspecified atom stereocenters. The van der Waals surface area contributed by atoms with Crippen molar-refractivity contribution >= 4 is 59.4 Å². The van der Waals surface area contributed by atoms with Gasteiger partial charge < -0.3 is 5.32 Å². The molecule has 0 atom stereocenters. The van der Waals surface area contributed by atoms with Gasteiger partial charge in [-0.2, -0.15) is 0 Å². The number of rotatable bonds is 0. The van der Waals surface area contributed by atoms with E-state index in [4.69, 9.17) is 0 Å². The van der Waals surface area contributed by atoms with Crippen molar-refractivity contribution in [2.24, 2.45) is 0 Å². The average Bonchev–Trinajstić information content (AvgIpc) is 2.23. The number of fused-ring (bicyclic) bond motifs is 1. The van der Waals surface area contributed by atoms with E-state index in [-0.39, 0.29) is 5.91 Å². The fraction of sp³-hybridized carbons (Fsp3) is 0.143. The molecule has 68 valence electrons. The third-order valence-corrected chi connectivity index (χ3v) is 3.59. The summed E-state index contributed by atoms with van der Waals surface area (Å²) in [6.07, 6.45) is 1.65. The molecule has 13 heavy (non-hydrogen) atoms. The van der Waals surface area contributed by atoms with E-state index >= 15 is 0 Å². The van der Waals surface area contributed by atoms with Crippen molar-refractivity contribution in [1.29, 1.82) is 0 Å². The number of nitrogens with one attached hydrogen (secondary N) is 1. The molecule has 6 heteroatoms. The minimum atomic E-state index is -0.879. The molecule has 0 aromatic carbocycles. The van der Waals surface area contributed by atoms with Gasteiger partial charge in [-0.3, -0.25) is 9.78 Å². The molecular formula is C7H3Br3N2O. The van der Waals surface area contributed by atoms with Gasteiger partial charge in [-0.15, -0.1) is 0 Å². The second kappa shape index (κ2) is 3.03. The van der Waals surface area contributed by atoms with Crippen molar-refractivity contribution < 1.29 is 4.79 Å². The summed E-state index contributed by atoms with van der Waals surface area (Å²) in [6.45, 7) is 0. The second-order valence-corrected chi connectivity index (χ2v) is 6.94. The maximum atomic E-state index is 11.4. The van der Waals surface area contributed by atoms with E-state index in [1.165, 1.54) is 0 Å². The summed E-state index contributed by atoms with van der Waals surface area (Å²) < 4.78 is -0.0417. The summed E-state index contributed by atoms with van der Waals surface area (Å²) in [7, 11) is 0. The molecule has 1 aromatic heterocycles. The first-order valence-electron chi connectivity index (χ1n) is 3.37.